The molecule has 0 spiro atoms. The van der Waals surface area contributed by atoms with Crippen LogP contribution >= 0.6 is 46.1 Å². The fourth-order valence-electron chi connectivity index (χ4n) is 1.97. The van der Waals surface area contributed by atoms with Crippen molar-refractivity contribution in [3.63, 3.8) is 0 Å². The van der Waals surface area contributed by atoms with E-state index < -0.39 is 0 Å². The van der Waals surface area contributed by atoms with Crippen molar-refractivity contribution in [2.75, 3.05) is 24.3 Å². The Bertz CT molecular complexity index is 610. The topological polar surface area (TPSA) is 15.3 Å². The second-order valence-electron chi connectivity index (χ2n) is 4.70. The lowest BCUT2D eigenvalue weighted by atomic mass is 10.1. The summed E-state index contributed by atoms with van der Waals surface area (Å²) >= 11 is 19.7. The van der Waals surface area contributed by atoms with Crippen LogP contribution in [0, 0.1) is 0 Å². The van der Waals surface area contributed by atoms with Crippen LogP contribution in [0.15, 0.2) is 24.3 Å². The number of halogens is 3. The van der Waals surface area contributed by atoms with Crippen molar-refractivity contribution < 1.29 is 0 Å². The summed E-state index contributed by atoms with van der Waals surface area (Å²) in [5.41, 5.74) is 3.03. The zero-order chi connectivity index (χ0) is 14.9. The first-order valence-corrected chi connectivity index (χ1v) is 8.01. The largest absolute Gasteiger partial charge is 0.377 e. The summed E-state index contributed by atoms with van der Waals surface area (Å²) < 4.78 is 1.40. The van der Waals surface area contributed by atoms with Gasteiger partial charge in [0.25, 0.3) is 0 Å². The monoisotopic (exact) mass is 348 g/mol. The van der Waals surface area contributed by atoms with Crippen molar-refractivity contribution in [1.82, 2.24) is 0 Å². The summed E-state index contributed by atoms with van der Waals surface area (Å²) in [6, 6.07) is 7.71. The first kappa shape index (κ1) is 15.8. The first-order chi connectivity index (χ1) is 9.38. The Kier molecular flexibility index (Phi) is 5.08. The van der Waals surface area contributed by atoms with Crippen molar-refractivity contribution in [3.8, 4) is 0 Å². The molecule has 0 radical (unpaired) electrons. The van der Waals surface area contributed by atoms with Gasteiger partial charge in [-0.2, -0.15) is 0 Å². The van der Waals surface area contributed by atoms with E-state index in [2.05, 4.69) is 5.32 Å². The Hall–Kier alpha value is -0.610. The Morgan fingerprint density at radius 3 is 2.40 bits per heavy atom. The van der Waals surface area contributed by atoms with E-state index >= 15 is 0 Å². The highest BCUT2D eigenvalue weighted by Gasteiger charge is 2.15. The van der Waals surface area contributed by atoms with Crippen LogP contribution in [0.5, 0.6) is 0 Å². The fourth-order valence-corrected chi connectivity index (χ4v) is 3.79. The molecule has 0 amide bonds. The van der Waals surface area contributed by atoms with E-state index in [9.17, 15) is 0 Å². The predicted octanol–water partition coefficient (Wildman–Crippen LogP) is 5.95. The van der Waals surface area contributed by atoms with Gasteiger partial charge in [0.05, 0.1) is 26.1 Å². The molecule has 108 valence electrons. The molecule has 1 aromatic carbocycles. The quantitative estimate of drug-likeness (QED) is 0.734. The minimum absolute atomic E-state index is 0.0448. The van der Waals surface area contributed by atoms with Gasteiger partial charge in [-0.1, -0.05) is 34.8 Å². The van der Waals surface area contributed by atoms with Crippen LogP contribution in [0.4, 0.5) is 11.4 Å². The minimum Gasteiger partial charge on any atom is -0.377 e. The first-order valence-electron chi connectivity index (χ1n) is 6.06. The SMILES string of the molecule is CC(Nc1cc(Cl)ccc1N(C)C)c1cc(Cl)sc1Cl. The van der Waals surface area contributed by atoms with E-state index in [0.717, 1.165) is 16.9 Å². The average Bonchev–Trinajstić information content (AvgIpc) is 2.68. The zero-order valence-corrected chi connectivity index (χ0v) is 14.5. The zero-order valence-electron chi connectivity index (χ0n) is 11.4. The van der Waals surface area contributed by atoms with Gasteiger partial charge in [0.1, 0.15) is 0 Å². The highest BCUT2D eigenvalue weighted by molar-refractivity contribution is 7.20. The van der Waals surface area contributed by atoms with E-state index in [1.807, 2.05) is 50.2 Å². The smallest absolute Gasteiger partial charge is 0.0996 e. The summed E-state index contributed by atoms with van der Waals surface area (Å²) in [7, 11) is 3.99. The van der Waals surface area contributed by atoms with Gasteiger partial charge in [0.15, 0.2) is 0 Å². The van der Waals surface area contributed by atoms with E-state index in [1.165, 1.54) is 11.3 Å². The van der Waals surface area contributed by atoms with E-state index in [1.54, 1.807) is 0 Å². The third-order valence-corrected chi connectivity index (χ3v) is 4.72. The summed E-state index contributed by atoms with van der Waals surface area (Å²) in [4.78, 5) is 2.04. The molecule has 0 aliphatic rings. The molecule has 0 aliphatic carbocycles. The molecule has 20 heavy (non-hydrogen) atoms. The molecule has 0 saturated carbocycles. The molecule has 6 heteroatoms. The van der Waals surface area contributed by atoms with E-state index in [4.69, 9.17) is 34.8 Å². The van der Waals surface area contributed by atoms with E-state index in [0.29, 0.717) is 13.7 Å². The molecule has 1 N–H and O–H groups in total. The van der Waals surface area contributed by atoms with Crippen LogP contribution in [-0.4, -0.2) is 14.1 Å². The lowest BCUT2D eigenvalue weighted by Gasteiger charge is -2.22. The molecule has 1 atom stereocenters. The number of hydrogen-bond acceptors (Lipinski definition) is 3. The molecule has 2 rings (SSSR count). The van der Waals surface area contributed by atoms with Crippen LogP contribution < -0.4 is 10.2 Å². The van der Waals surface area contributed by atoms with Gasteiger partial charge in [0.2, 0.25) is 0 Å². The Morgan fingerprint density at radius 1 is 1.15 bits per heavy atom. The van der Waals surface area contributed by atoms with Gasteiger partial charge in [-0.3, -0.25) is 0 Å². The maximum atomic E-state index is 6.20. The maximum Gasteiger partial charge on any atom is 0.0996 e. The van der Waals surface area contributed by atoms with E-state index in [-0.39, 0.29) is 6.04 Å². The third kappa shape index (κ3) is 3.53. The number of nitrogens with one attached hydrogen (secondary N) is 1. The van der Waals surface area contributed by atoms with Gasteiger partial charge in [-0.25, -0.2) is 0 Å². The molecule has 1 aromatic heterocycles. The summed E-state index contributed by atoms with van der Waals surface area (Å²) in [5.74, 6) is 0. The molecular formula is C14H15Cl3N2S. The standard InChI is InChI=1S/C14H15Cl3N2S/c1-8(10-7-13(16)20-14(10)17)18-11-6-9(15)4-5-12(11)19(2)3/h4-8,18H,1-3H3. The second-order valence-corrected chi connectivity index (χ2v) is 7.42. The summed E-state index contributed by atoms with van der Waals surface area (Å²) in [6.07, 6.45) is 0. The number of hydrogen-bond donors (Lipinski definition) is 1. The maximum absolute atomic E-state index is 6.20. The van der Waals surface area contributed by atoms with Crippen LogP contribution in [-0.2, 0) is 0 Å². The van der Waals surface area contributed by atoms with Crippen LogP contribution in [0.1, 0.15) is 18.5 Å². The van der Waals surface area contributed by atoms with Crippen LogP contribution in [0.3, 0.4) is 0 Å². The predicted molar refractivity (Wildman–Crippen MR) is 92.2 cm³/mol. The fraction of sp³-hybridized carbons (Fsp3) is 0.286. The summed E-state index contributed by atoms with van der Waals surface area (Å²) in [6.45, 7) is 2.05. The number of nitrogens with zero attached hydrogens (tertiary/aromatic N) is 1. The van der Waals surface area contributed by atoms with Crippen LogP contribution in [0.25, 0.3) is 0 Å². The molecule has 1 heterocycles. The van der Waals surface area contributed by atoms with Crippen molar-refractivity contribution in [2.24, 2.45) is 0 Å². The molecule has 2 aromatic rings. The van der Waals surface area contributed by atoms with Gasteiger partial charge in [-0.15, -0.1) is 11.3 Å². The highest BCUT2D eigenvalue weighted by atomic mass is 35.5. The molecule has 0 saturated heterocycles. The molecule has 0 bridgehead atoms. The van der Waals surface area contributed by atoms with Gasteiger partial charge >= 0.3 is 0 Å². The Balaban J connectivity index is 2.29. The number of thiophene rings is 1. The van der Waals surface area contributed by atoms with Crippen molar-refractivity contribution in [3.05, 3.63) is 43.5 Å². The summed E-state index contributed by atoms with van der Waals surface area (Å²) in [5, 5.41) is 4.13. The molecule has 2 nitrogen and oxygen atoms in total. The highest BCUT2D eigenvalue weighted by Crippen LogP contribution is 2.37. The number of rotatable bonds is 4. The van der Waals surface area contributed by atoms with Gasteiger partial charge in [-0.05, 0) is 31.2 Å². The lowest BCUT2D eigenvalue weighted by Crippen LogP contribution is -2.14. The van der Waals surface area contributed by atoms with Crippen LogP contribution in [0.2, 0.25) is 13.7 Å². The normalized spacial score (nSPS) is 12.3. The molecule has 1 unspecified atom stereocenters. The van der Waals surface area contributed by atoms with Crippen molar-refractivity contribution in [1.29, 1.82) is 0 Å². The molecule has 0 fully saturated rings. The lowest BCUT2D eigenvalue weighted by molar-refractivity contribution is 0.889. The molecular weight excluding hydrogens is 335 g/mol. The number of anilines is 2. The van der Waals surface area contributed by atoms with Gasteiger partial charge < -0.3 is 10.2 Å². The minimum atomic E-state index is 0.0448. The number of benzene rings is 1. The Morgan fingerprint density at radius 2 is 1.85 bits per heavy atom. The Labute approximate surface area is 138 Å². The molecule has 0 aliphatic heterocycles. The van der Waals surface area contributed by atoms with Gasteiger partial charge in [0, 0.05) is 24.7 Å². The van der Waals surface area contributed by atoms with Crippen molar-refractivity contribution >= 4 is 57.5 Å². The van der Waals surface area contributed by atoms with Crippen molar-refractivity contribution in [2.45, 2.75) is 13.0 Å². The average molecular weight is 350 g/mol. The third-order valence-electron chi connectivity index (χ3n) is 2.96. The second kappa shape index (κ2) is 6.44.